The van der Waals surface area contributed by atoms with Crippen molar-refractivity contribution in [3.63, 3.8) is 0 Å². The Morgan fingerprint density at radius 3 is 2.37 bits per heavy atom. The standard InChI is InChI=1S/C20H26F2N4O3S/c1-4-23-20(25-14-16-7-5-6-8-18(16)29-19(21)22)24-13-15-9-11-17(12-10-15)30(27,28)26(2)3/h5-12,19H,4,13-14H2,1-3H3,(H2,23,24,25). The number of guanidine groups is 1. The monoisotopic (exact) mass is 440 g/mol. The first kappa shape index (κ1) is 23.6. The SMILES string of the molecule is CCNC(=NCc1ccc(S(=O)(=O)N(C)C)cc1)NCc1ccccc1OC(F)F. The summed E-state index contributed by atoms with van der Waals surface area (Å²) in [6, 6.07) is 13.0. The van der Waals surface area contributed by atoms with Gasteiger partial charge < -0.3 is 15.4 Å². The molecule has 0 spiro atoms. The van der Waals surface area contributed by atoms with Gasteiger partial charge in [-0.2, -0.15) is 8.78 Å². The molecule has 10 heteroatoms. The smallest absolute Gasteiger partial charge is 0.387 e. The molecule has 2 rings (SSSR count). The summed E-state index contributed by atoms with van der Waals surface area (Å²) in [7, 11) is -0.521. The van der Waals surface area contributed by atoms with Crippen LogP contribution in [0.1, 0.15) is 18.1 Å². The molecule has 2 N–H and O–H groups in total. The van der Waals surface area contributed by atoms with Gasteiger partial charge in [-0.25, -0.2) is 17.7 Å². The highest BCUT2D eigenvalue weighted by Crippen LogP contribution is 2.20. The molecule has 0 aromatic heterocycles. The topological polar surface area (TPSA) is 83.0 Å². The highest BCUT2D eigenvalue weighted by Gasteiger charge is 2.16. The summed E-state index contributed by atoms with van der Waals surface area (Å²) in [5.41, 5.74) is 1.40. The van der Waals surface area contributed by atoms with Gasteiger partial charge in [-0.1, -0.05) is 30.3 Å². The molecule has 2 aromatic carbocycles. The summed E-state index contributed by atoms with van der Waals surface area (Å²) in [4.78, 5) is 4.67. The number of nitrogens with zero attached hydrogens (tertiary/aromatic N) is 2. The Kier molecular flexibility index (Phi) is 8.55. The van der Waals surface area contributed by atoms with E-state index in [0.717, 1.165) is 9.87 Å². The molecular weight excluding hydrogens is 414 g/mol. The van der Waals surface area contributed by atoms with E-state index in [1.807, 2.05) is 6.92 Å². The molecule has 0 aliphatic carbocycles. The number of rotatable bonds is 9. The molecule has 7 nitrogen and oxygen atoms in total. The van der Waals surface area contributed by atoms with Gasteiger partial charge in [0.05, 0.1) is 11.4 Å². The summed E-state index contributed by atoms with van der Waals surface area (Å²) < 4.78 is 55.1. The molecule has 164 valence electrons. The second kappa shape index (κ2) is 10.9. The fraction of sp³-hybridized carbons (Fsp3) is 0.350. The third kappa shape index (κ3) is 6.67. The van der Waals surface area contributed by atoms with Crippen molar-refractivity contribution < 1.29 is 21.9 Å². The number of alkyl halides is 2. The minimum absolute atomic E-state index is 0.105. The normalized spacial score (nSPS) is 12.3. The van der Waals surface area contributed by atoms with Crippen molar-refractivity contribution in [1.82, 2.24) is 14.9 Å². The molecule has 0 amide bonds. The van der Waals surface area contributed by atoms with Crippen LogP contribution in [0.15, 0.2) is 58.4 Å². The van der Waals surface area contributed by atoms with Crippen molar-refractivity contribution >= 4 is 16.0 Å². The van der Waals surface area contributed by atoms with Crippen LogP contribution in [-0.2, 0) is 23.1 Å². The van der Waals surface area contributed by atoms with Gasteiger partial charge in [-0.3, -0.25) is 0 Å². The van der Waals surface area contributed by atoms with Gasteiger partial charge >= 0.3 is 6.61 Å². The predicted molar refractivity (Wildman–Crippen MR) is 112 cm³/mol. The van der Waals surface area contributed by atoms with Crippen LogP contribution in [0.25, 0.3) is 0 Å². The molecule has 2 aromatic rings. The lowest BCUT2D eigenvalue weighted by atomic mass is 10.2. The van der Waals surface area contributed by atoms with Crippen LogP contribution in [0.5, 0.6) is 5.75 Å². The zero-order valence-electron chi connectivity index (χ0n) is 17.1. The number of sulfonamides is 1. The number of benzene rings is 2. The number of hydrogen-bond acceptors (Lipinski definition) is 4. The van der Waals surface area contributed by atoms with E-state index in [1.54, 1.807) is 42.5 Å². The molecule has 30 heavy (non-hydrogen) atoms. The van der Waals surface area contributed by atoms with E-state index in [4.69, 9.17) is 0 Å². The van der Waals surface area contributed by atoms with E-state index < -0.39 is 16.6 Å². The number of para-hydroxylation sites is 1. The first-order valence-corrected chi connectivity index (χ1v) is 10.7. The van der Waals surface area contributed by atoms with Crippen LogP contribution < -0.4 is 15.4 Å². The van der Waals surface area contributed by atoms with Crippen molar-refractivity contribution in [2.45, 2.75) is 31.5 Å². The zero-order chi connectivity index (χ0) is 22.1. The van der Waals surface area contributed by atoms with E-state index in [0.29, 0.717) is 24.6 Å². The summed E-state index contributed by atoms with van der Waals surface area (Å²) >= 11 is 0. The molecule has 0 saturated heterocycles. The molecule has 0 fully saturated rings. The van der Waals surface area contributed by atoms with Crippen molar-refractivity contribution in [3.8, 4) is 5.75 Å². The van der Waals surface area contributed by atoms with Crippen molar-refractivity contribution in [2.24, 2.45) is 4.99 Å². The van der Waals surface area contributed by atoms with E-state index in [2.05, 4.69) is 20.4 Å². The first-order valence-electron chi connectivity index (χ1n) is 9.30. The lowest BCUT2D eigenvalue weighted by Crippen LogP contribution is -2.36. The average Bonchev–Trinajstić information content (AvgIpc) is 2.71. The Bertz CT molecular complexity index is 949. The molecule has 0 unspecified atom stereocenters. The number of nitrogens with one attached hydrogen (secondary N) is 2. The molecule has 0 heterocycles. The van der Waals surface area contributed by atoms with Crippen molar-refractivity contribution in [1.29, 1.82) is 0 Å². The quantitative estimate of drug-likeness (QED) is 0.463. The maximum Gasteiger partial charge on any atom is 0.387 e. The predicted octanol–water partition coefficient (Wildman–Crippen LogP) is 2.79. The maximum atomic E-state index is 12.6. The number of aliphatic imine (C=N–C) groups is 1. The molecule has 0 bridgehead atoms. The van der Waals surface area contributed by atoms with Gasteiger partial charge in [-0.15, -0.1) is 0 Å². The maximum absolute atomic E-state index is 12.6. The van der Waals surface area contributed by atoms with Crippen LogP contribution >= 0.6 is 0 Å². The molecule has 0 aliphatic rings. The Morgan fingerprint density at radius 1 is 1.10 bits per heavy atom. The van der Waals surface area contributed by atoms with Gasteiger partial charge in [0.25, 0.3) is 0 Å². The fourth-order valence-corrected chi connectivity index (χ4v) is 3.43. The second-order valence-electron chi connectivity index (χ2n) is 6.47. The van der Waals surface area contributed by atoms with Crippen LogP contribution in [0, 0.1) is 0 Å². The molecule has 0 aliphatic heterocycles. The van der Waals surface area contributed by atoms with Crippen LogP contribution in [0.2, 0.25) is 0 Å². The highest BCUT2D eigenvalue weighted by molar-refractivity contribution is 7.89. The lowest BCUT2D eigenvalue weighted by molar-refractivity contribution is -0.0504. The lowest BCUT2D eigenvalue weighted by Gasteiger charge is -2.14. The Hall–Kier alpha value is -2.72. The van der Waals surface area contributed by atoms with E-state index >= 15 is 0 Å². The summed E-state index contributed by atoms with van der Waals surface area (Å²) in [5, 5.41) is 6.16. The van der Waals surface area contributed by atoms with Gasteiger partial charge in [0, 0.05) is 32.7 Å². The summed E-state index contributed by atoms with van der Waals surface area (Å²) in [5.74, 6) is 0.600. The third-order valence-electron chi connectivity index (χ3n) is 4.10. The third-order valence-corrected chi connectivity index (χ3v) is 5.93. The van der Waals surface area contributed by atoms with Crippen molar-refractivity contribution in [2.75, 3.05) is 20.6 Å². The van der Waals surface area contributed by atoms with Gasteiger partial charge in [0.15, 0.2) is 5.96 Å². The van der Waals surface area contributed by atoms with Gasteiger partial charge in [-0.05, 0) is 30.7 Å². The zero-order valence-corrected chi connectivity index (χ0v) is 17.9. The largest absolute Gasteiger partial charge is 0.434 e. The highest BCUT2D eigenvalue weighted by atomic mass is 32.2. The Balaban J connectivity index is 2.07. The van der Waals surface area contributed by atoms with Crippen LogP contribution in [0.4, 0.5) is 8.78 Å². The van der Waals surface area contributed by atoms with Gasteiger partial charge in [0.1, 0.15) is 5.75 Å². The Labute approximate surface area is 175 Å². The first-order chi connectivity index (χ1) is 14.2. The van der Waals surface area contributed by atoms with Crippen LogP contribution in [-0.4, -0.2) is 45.9 Å². The second-order valence-corrected chi connectivity index (χ2v) is 8.62. The number of hydrogen-bond donors (Lipinski definition) is 2. The minimum atomic E-state index is -3.48. The molecule has 0 saturated carbocycles. The minimum Gasteiger partial charge on any atom is -0.434 e. The van der Waals surface area contributed by atoms with E-state index in [9.17, 15) is 17.2 Å². The van der Waals surface area contributed by atoms with E-state index in [1.165, 1.54) is 20.2 Å². The molecule has 0 atom stereocenters. The Morgan fingerprint density at radius 2 is 1.77 bits per heavy atom. The van der Waals surface area contributed by atoms with Crippen molar-refractivity contribution in [3.05, 3.63) is 59.7 Å². The number of halogens is 2. The fourth-order valence-electron chi connectivity index (χ4n) is 2.53. The van der Waals surface area contributed by atoms with Crippen LogP contribution in [0.3, 0.4) is 0 Å². The molecule has 0 radical (unpaired) electrons. The number of ether oxygens (including phenoxy) is 1. The van der Waals surface area contributed by atoms with E-state index in [-0.39, 0.29) is 17.2 Å². The molecular formula is C20H26F2N4O3S. The summed E-state index contributed by atoms with van der Waals surface area (Å²) in [6.45, 7) is 0.182. The summed E-state index contributed by atoms with van der Waals surface area (Å²) in [6.07, 6.45) is 0. The van der Waals surface area contributed by atoms with Gasteiger partial charge in [0.2, 0.25) is 10.0 Å². The average molecular weight is 441 g/mol.